The average molecular weight is 531 g/mol. The van der Waals surface area contributed by atoms with Crippen LogP contribution in [0.2, 0.25) is 0 Å². The Morgan fingerprint density at radius 2 is 0.667 bits per heavy atom. The van der Waals surface area contributed by atoms with Gasteiger partial charge < -0.3 is 0 Å². The van der Waals surface area contributed by atoms with Crippen molar-refractivity contribution < 1.29 is 0 Å². The molecular weight excluding hydrogens is 504 g/mol. The van der Waals surface area contributed by atoms with Gasteiger partial charge in [0.15, 0.2) is 0 Å². The summed E-state index contributed by atoms with van der Waals surface area (Å²) < 4.78 is 0. The number of hydrogen-bond acceptors (Lipinski definition) is 0. The predicted molar refractivity (Wildman–Crippen MR) is 182 cm³/mol. The molecule has 0 atom stereocenters. The normalized spacial score (nSPS) is 11.8. The quantitative estimate of drug-likeness (QED) is 0.195. The molecule has 0 aliphatic carbocycles. The summed E-state index contributed by atoms with van der Waals surface area (Å²) in [5.41, 5.74) is 5.01. The van der Waals surface area contributed by atoms with Gasteiger partial charge in [0.05, 0.1) is 0 Å². The Morgan fingerprint density at radius 3 is 1.36 bits per heavy atom. The van der Waals surface area contributed by atoms with E-state index in [1.54, 1.807) is 0 Å². The van der Waals surface area contributed by atoms with E-state index in [1.807, 2.05) is 0 Å². The van der Waals surface area contributed by atoms with Gasteiger partial charge in [0, 0.05) is 0 Å². The zero-order chi connectivity index (χ0) is 27.6. The van der Waals surface area contributed by atoms with Crippen molar-refractivity contribution in [3.05, 3.63) is 158 Å². The van der Waals surface area contributed by atoms with Crippen molar-refractivity contribution in [2.45, 2.75) is 0 Å². The summed E-state index contributed by atoms with van der Waals surface area (Å²) in [5, 5.41) is 15.5. The van der Waals surface area contributed by atoms with Crippen LogP contribution < -0.4 is 0 Å². The second kappa shape index (κ2) is 9.03. The molecule has 0 aromatic heterocycles. The standard InChI is InChI=1S/C42H26/c1-2-10-33-30(9-1)26-41(38-15-7-3-11-34(33)38)31-20-18-27-17-19-28(23-32(27)24-31)29-21-22-40-37-14-5-4-12-35(37)36-13-6-8-16-39(36)42(40)25-29/h1-26H. The fourth-order valence-electron chi connectivity index (χ4n) is 6.97. The van der Waals surface area contributed by atoms with Gasteiger partial charge in [0.1, 0.15) is 0 Å². The van der Waals surface area contributed by atoms with Crippen LogP contribution in [0.4, 0.5) is 0 Å². The van der Waals surface area contributed by atoms with E-state index in [2.05, 4.69) is 158 Å². The number of fused-ring (bicyclic) bond motifs is 10. The minimum atomic E-state index is 1.24. The van der Waals surface area contributed by atoms with Crippen LogP contribution in [-0.2, 0) is 0 Å². The predicted octanol–water partition coefficient (Wildman–Crippen LogP) is 11.9. The molecule has 0 unspecified atom stereocenters. The third-order valence-corrected chi connectivity index (χ3v) is 9.00. The van der Waals surface area contributed by atoms with Gasteiger partial charge in [0.25, 0.3) is 0 Å². The molecular formula is C42H26. The number of rotatable bonds is 2. The Labute approximate surface area is 244 Å². The highest BCUT2D eigenvalue weighted by molar-refractivity contribution is 6.25. The molecule has 0 N–H and O–H groups in total. The lowest BCUT2D eigenvalue weighted by Gasteiger charge is -2.13. The summed E-state index contributed by atoms with van der Waals surface area (Å²) in [7, 11) is 0. The Balaban J connectivity index is 1.24. The second-order valence-electron chi connectivity index (χ2n) is 11.3. The summed E-state index contributed by atoms with van der Waals surface area (Å²) in [6.07, 6.45) is 0. The van der Waals surface area contributed by atoms with Crippen molar-refractivity contribution in [1.82, 2.24) is 0 Å². The Morgan fingerprint density at radius 1 is 0.214 bits per heavy atom. The van der Waals surface area contributed by atoms with E-state index >= 15 is 0 Å². The third-order valence-electron chi connectivity index (χ3n) is 9.00. The summed E-state index contributed by atoms with van der Waals surface area (Å²) in [6, 6.07) is 58.1. The van der Waals surface area contributed by atoms with Crippen molar-refractivity contribution in [2.24, 2.45) is 0 Å². The smallest absolute Gasteiger partial charge is 0.00928 e. The van der Waals surface area contributed by atoms with E-state index in [0.717, 1.165) is 0 Å². The molecule has 0 saturated heterocycles. The minimum absolute atomic E-state index is 1.24. The van der Waals surface area contributed by atoms with Gasteiger partial charge in [-0.2, -0.15) is 0 Å². The van der Waals surface area contributed by atoms with E-state index in [9.17, 15) is 0 Å². The number of benzene rings is 9. The van der Waals surface area contributed by atoms with Gasteiger partial charge in [-0.15, -0.1) is 0 Å². The van der Waals surface area contributed by atoms with Crippen molar-refractivity contribution in [1.29, 1.82) is 0 Å². The lowest BCUT2D eigenvalue weighted by molar-refractivity contribution is 1.67. The van der Waals surface area contributed by atoms with Crippen molar-refractivity contribution in [2.75, 3.05) is 0 Å². The molecule has 0 heterocycles. The van der Waals surface area contributed by atoms with Crippen molar-refractivity contribution in [3.63, 3.8) is 0 Å². The van der Waals surface area contributed by atoms with Gasteiger partial charge >= 0.3 is 0 Å². The highest BCUT2D eigenvalue weighted by Gasteiger charge is 2.12. The van der Waals surface area contributed by atoms with Gasteiger partial charge in [0.2, 0.25) is 0 Å². The van der Waals surface area contributed by atoms with E-state index < -0.39 is 0 Å². The molecule has 9 aromatic carbocycles. The molecule has 0 saturated carbocycles. The molecule has 0 bridgehead atoms. The molecule has 0 nitrogen and oxygen atoms in total. The molecule has 9 rings (SSSR count). The lowest BCUT2D eigenvalue weighted by atomic mass is 9.90. The molecule has 0 spiro atoms. The van der Waals surface area contributed by atoms with Crippen LogP contribution in [0.25, 0.3) is 86.9 Å². The topological polar surface area (TPSA) is 0 Å². The van der Waals surface area contributed by atoms with Crippen molar-refractivity contribution >= 4 is 64.6 Å². The van der Waals surface area contributed by atoms with Gasteiger partial charge in [-0.25, -0.2) is 0 Å². The van der Waals surface area contributed by atoms with E-state index in [-0.39, 0.29) is 0 Å². The molecule has 0 aliphatic rings. The average Bonchev–Trinajstić information content (AvgIpc) is 3.07. The van der Waals surface area contributed by atoms with Crippen LogP contribution in [0.15, 0.2) is 158 Å². The van der Waals surface area contributed by atoms with Crippen LogP contribution in [0.3, 0.4) is 0 Å². The highest BCUT2D eigenvalue weighted by atomic mass is 14.2. The summed E-state index contributed by atoms with van der Waals surface area (Å²) in [6.45, 7) is 0. The molecule has 194 valence electrons. The van der Waals surface area contributed by atoms with Crippen LogP contribution in [0, 0.1) is 0 Å². The third kappa shape index (κ3) is 3.49. The largest absolute Gasteiger partial charge is 0.0616 e. The monoisotopic (exact) mass is 530 g/mol. The van der Waals surface area contributed by atoms with E-state index in [0.29, 0.717) is 0 Å². The van der Waals surface area contributed by atoms with E-state index in [4.69, 9.17) is 0 Å². The van der Waals surface area contributed by atoms with Crippen LogP contribution in [-0.4, -0.2) is 0 Å². The first kappa shape index (κ1) is 23.3. The lowest BCUT2D eigenvalue weighted by Crippen LogP contribution is -1.86. The first-order valence-electron chi connectivity index (χ1n) is 14.6. The molecule has 0 amide bonds. The minimum Gasteiger partial charge on any atom is -0.0616 e. The first-order valence-corrected chi connectivity index (χ1v) is 14.6. The maximum absolute atomic E-state index is 2.38. The Bertz CT molecular complexity index is 2480. The van der Waals surface area contributed by atoms with Crippen LogP contribution in [0.1, 0.15) is 0 Å². The summed E-state index contributed by atoms with van der Waals surface area (Å²) in [4.78, 5) is 0. The Kier molecular flexibility index (Phi) is 5.00. The number of hydrogen-bond donors (Lipinski definition) is 0. The van der Waals surface area contributed by atoms with E-state index in [1.165, 1.54) is 86.9 Å². The molecule has 0 radical (unpaired) electrons. The zero-order valence-corrected chi connectivity index (χ0v) is 23.0. The SMILES string of the molecule is c1ccc2c(c1)cc(-c1ccc3ccc(-c4ccc5c6ccccc6c6ccccc6c5c4)cc3c1)c1ccccc12. The maximum atomic E-state index is 2.38. The summed E-state index contributed by atoms with van der Waals surface area (Å²) >= 11 is 0. The van der Waals surface area contributed by atoms with Gasteiger partial charge in [-0.1, -0.05) is 133 Å². The van der Waals surface area contributed by atoms with Crippen molar-refractivity contribution in [3.8, 4) is 22.3 Å². The molecule has 0 aliphatic heterocycles. The second-order valence-corrected chi connectivity index (χ2v) is 11.3. The van der Waals surface area contributed by atoms with Crippen LogP contribution in [0.5, 0.6) is 0 Å². The molecule has 0 fully saturated rings. The molecule has 42 heavy (non-hydrogen) atoms. The first-order chi connectivity index (χ1) is 20.8. The fourth-order valence-corrected chi connectivity index (χ4v) is 6.97. The van der Waals surface area contributed by atoms with Gasteiger partial charge in [-0.3, -0.25) is 0 Å². The Hall–Kier alpha value is -5.46. The zero-order valence-electron chi connectivity index (χ0n) is 23.0. The summed E-state index contributed by atoms with van der Waals surface area (Å²) in [5.74, 6) is 0. The highest BCUT2D eigenvalue weighted by Crippen LogP contribution is 2.39. The molecule has 0 heteroatoms. The maximum Gasteiger partial charge on any atom is -0.00928 e. The molecule has 9 aromatic rings. The fraction of sp³-hybridized carbons (Fsp3) is 0. The van der Waals surface area contributed by atoms with Crippen LogP contribution >= 0.6 is 0 Å². The van der Waals surface area contributed by atoms with Gasteiger partial charge in [-0.05, 0) is 111 Å².